The average Bonchev–Trinajstić information content (AvgIpc) is 3.00. The molecule has 0 spiro atoms. The first-order valence-electron chi connectivity index (χ1n) is 15.2. The number of aliphatic hydroxyl groups is 1. The number of hydrogen-bond donors (Lipinski definition) is 5. The van der Waals surface area contributed by atoms with Crippen molar-refractivity contribution in [1.82, 2.24) is 20.9 Å². The van der Waals surface area contributed by atoms with E-state index >= 15 is 0 Å². The van der Waals surface area contributed by atoms with Gasteiger partial charge < -0.3 is 31.3 Å². The van der Waals surface area contributed by atoms with Gasteiger partial charge in [-0.15, -0.1) is 0 Å². The van der Waals surface area contributed by atoms with Crippen LogP contribution in [0.1, 0.15) is 37.8 Å². The van der Waals surface area contributed by atoms with Crippen molar-refractivity contribution in [3.05, 3.63) is 100 Å². The molecule has 4 rings (SSSR count). The molecule has 45 heavy (non-hydrogen) atoms. The molecule has 3 amide bonds. The molecule has 1 heterocycles. The van der Waals surface area contributed by atoms with E-state index in [9.17, 15) is 14.7 Å². The summed E-state index contributed by atoms with van der Waals surface area (Å²) in [6.45, 7) is 4.99. The Morgan fingerprint density at radius 2 is 1.60 bits per heavy atom. The van der Waals surface area contributed by atoms with Crippen molar-refractivity contribution in [2.75, 3.05) is 18.4 Å². The Morgan fingerprint density at radius 1 is 0.956 bits per heavy atom. The van der Waals surface area contributed by atoms with Crippen LogP contribution in [-0.2, 0) is 17.6 Å². The zero-order valence-electron chi connectivity index (χ0n) is 25.5. The van der Waals surface area contributed by atoms with Crippen LogP contribution < -0.4 is 21.3 Å². The first-order chi connectivity index (χ1) is 21.6. The van der Waals surface area contributed by atoms with E-state index in [2.05, 4.69) is 21.3 Å². The van der Waals surface area contributed by atoms with Crippen LogP contribution in [0.2, 0.25) is 10.0 Å². The molecule has 1 saturated heterocycles. The van der Waals surface area contributed by atoms with Crippen LogP contribution in [-0.4, -0.2) is 64.4 Å². The fourth-order valence-corrected chi connectivity index (χ4v) is 6.18. The second-order valence-corrected chi connectivity index (χ2v) is 12.9. The summed E-state index contributed by atoms with van der Waals surface area (Å²) in [7, 11) is 0. The highest BCUT2D eigenvalue weighted by atomic mass is 35.5. The number of aliphatic hydroxyl groups excluding tert-OH is 1. The number of nitrogens with zero attached hydrogens (tertiary/aromatic N) is 1. The Hall–Kier alpha value is -3.37. The molecule has 0 aromatic heterocycles. The molecule has 5 N–H and O–H groups in total. The number of halogens is 2. The van der Waals surface area contributed by atoms with Crippen molar-refractivity contribution >= 4 is 58.2 Å². The van der Waals surface area contributed by atoms with Crippen molar-refractivity contribution in [3.63, 3.8) is 0 Å². The zero-order chi connectivity index (χ0) is 32.3. The maximum absolute atomic E-state index is 13.8. The minimum Gasteiger partial charge on any atom is -0.391 e. The Balaban J connectivity index is 1.54. The third kappa shape index (κ3) is 10.3. The number of amides is 3. The van der Waals surface area contributed by atoms with Gasteiger partial charge in [0.1, 0.15) is 6.04 Å². The van der Waals surface area contributed by atoms with E-state index in [0.29, 0.717) is 46.8 Å². The van der Waals surface area contributed by atoms with Crippen molar-refractivity contribution < 1.29 is 14.7 Å². The molecule has 1 aliphatic heterocycles. The highest BCUT2D eigenvalue weighted by molar-refractivity contribution is 7.80. The number of carbonyl (C=O) groups is 2. The molecule has 11 heteroatoms. The van der Waals surface area contributed by atoms with E-state index < -0.39 is 24.2 Å². The molecule has 1 aliphatic rings. The molecule has 240 valence electrons. The van der Waals surface area contributed by atoms with E-state index in [1.54, 1.807) is 23.1 Å². The topological polar surface area (TPSA) is 106 Å². The van der Waals surface area contributed by atoms with Gasteiger partial charge in [-0.1, -0.05) is 97.7 Å². The number of hydrogen-bond acceptors (Lipinski definition) is 4. The summed E-state index contributed by atoms with van der Waals surface area (Å²) >= 11 is 17.9. The number of rotatable bonds is 13. The molecule has 1 unspecified atom stereocenters. The first-order valence-corrected chi connectivity index (χ1v) is 16.4. The standard InChI is InChI=1S/C34H41Cl2N5O3S/c1-22(2)31(41-17-9-16-37-34(41)44)32(43)38-26(18-23-10-5-3-6-11-23)21-30(42)29(19-24-12-7-4-8-13-24)40-33(45)39-25-14-15-27(35)28(36)20-25/h3-8,10-15,20,22,26,29-31,42H,9,16-19,21H2,1-2H3,(H,37,44)(H,38,43)(H2,39,40,45)/t26-,29?,30-,31-/m0/s1. The third-order valence-electron chi connectivity index (χ3n) is 7.80. The molecule has 0 saturated carbocycles. The predicted molar refractivity (Wildman–Crippen MR) is 186 cm³/mol. The summed E-state index contributed by atoms with van der Waals surface area (Å²) in [4.78, 5) is 28.1. The molecule has 0 aliphatic carbocycles. The second kappa shape index (κ2) is 16.8. The van der Waals surface area contributed by atoms with Crippen molar-refractivity contribution in [2.45, 2.75) is 63.8 Å². The van der Waals surface area contributed by atoms with Crippen LogP contribution in [0.15, 0.2) is 78.9 Å². The van der Waals surface area contributed by atoms with Gasteiger partial charge in [-0.2, -0.15) is 0 Å². The van der Waals surface area contributed by atoms with Crippen LogP contribution in [0, 0.1) is 5.92 Å². The largest absolute Gasteiger partial charge is 0.391 e. The Bertz CT molecular complexity index is 1430. The monoisotopic (exact) mass is 669 g/mol. The zero-order valence-corrected chi connectivity index (χ0v) is 27.8. The molecule has 8 nitrogen and oxygen atoms in total. The van der Waals surface area contributed by atoms with Gasteiger partial charge in [0.05, 0.1) is 22.2 Å². The lowest BCUT2D eigenvalue weighted by Crippen LogP contribution is -2.59. The molecular formula is C34H41Cl2N5O3S. The summed E-state index contributed by atoms with van der Waals surface area (Å²) in [5.74, 6) is -0.340. The lowest BCUT2D eigenvalue weighted by Gasteiger charge is -2.37. The van der Waals surface area contributed by atoms with Crippen molar-refractivity contribution in [1.29, 1.82) is 0 Å². The van der Waals surface area contributed by atoms with E-state index in [4.69, 9.17) is 35.4 Å². The Kier molecular flexibility index (Phi) is 12.9. The van der Waals surface area contributed by atoms with Gasteiger partial charge in [0.25, 0.3) is 0 Å². The number of anilines is 1. The maximum Gasteiger partial charge on any atom is 0.318 e. The fourth-order valence-electron chi connectivity index (χ4n) is 5.61. The average molecular weight is 671 g/mol. The quantitative estimate of drug-likeness (QED) is 0.147. The highest BCUT2D eigenvalue weighted by Crippen LogP contribution is 2.25. The lowest BCUT2D eigenvalue weighted by molar-refractivity contribution is -0.128. The summed E-state index contributed by atoms with van der Waals surface area (Å²) in [5, 5.41) is 25.4. The summed E-state index contributed by atoms with van der Waals surface area (Å²) < 4.78 is 0. The van der Waals surface area contributed by atoms with Gasteiger partial charge in [-0.3, -0.25) is 4.79 Å². The number of thiocarbonyl (C=S) groups is 1. The smallest absolute Gasteiger partial charge is 0.318 e. The molecule has 0 bridgehead atoms. The molecule has 0 radical (unpaired) electrons. The highest BCUT2D eigenvalue weighted by Gasteiger charge is 2.35. The SMILES string of the molecule is CC(C)[C@@H](C(=O)N[C@@H](Cc1ccccc1)C[C@H](O)C(Cc1ccccc1)NC(=S)Nc1ccc(Cl)c(Cl)c1)N1CCCNC1=O. The van der Waals surface area contributed by atoms with Gasteiger partial charge in [-0.25, -0.2) is 4.79 Å². The minimum atomic E-state index is -0.899. The van der Waals surface area contributed by atoms with Crippen LogP contribution in [0.3, 0.4) is 0 Å². The van der Waals surface area contributed by atoms with Crippen molar-refractivity contribution in [3.8, 4) is 0 Å². The van der Waals surface area contributed by atoms with Gasteiger partial charge in [0.15, 0.2) is 5.11 Å². The summed E-state index contributed by atoms with van der Waals surface area (Å²) in [6, 6.07) is 23.0. The molecular weight excluding hydrogens is 629 g/mol. The van der Waals surface area contributed by atoms with Gasteiger partial charge in [-0.05, 0) is 73.1 Å². The van der Waals surface area contributed by atoms with Crippen LogP contribution in [0.5, 0.6) is 0 Å². The van der Waals surface area contributed by atoms with Gasteiger partial charge in [0, 0.05) is 24.8 Å². The second-order valence-electron chi connectivity index (χ2n) is 11.7. The predicted octanol–water partition coefficient (Wildman–Crippen LogP) is 5.81. The van der Waals surface area contributed by atoms with E-state index in [0.717, 1.165) is 17.5 Å². The van der Waals surface area contributed by atoms with Crippen molar-refractivity contribution in [2.24, 2.45) is 5.92 Å². The summed E-state index contributed by atoms with van der Waals surface area (Å²) in [5.41, 5.74) is 2.70. The van der Waals surface area contributed by atoms with Crippen LogP contribution in [0.4, 0.5) is 10.5 Å². The number of nitrogens with one attached hydrogen (secondary N) is 4. The normalized spacial score (nSPS) is 15.9. The first kappa shape index (κ1) is 34.5. The fraction of sp³-hybridized carbons (Fsp3) is 0.382. The number of urea groups is 1. The van der Waals surface area contributed by atoms with E-state index in [1.807, 2.05) is 74.5 Å². The third-order valence-corrected chi connectivity index (χ3v) is 8.76. The molecule has 1 fully saturated rings. The van der Waals surface area contributed by atoms with Gasteiger partial charge >= 0.3 is 6.03 Å². The van der Waals surface area contributed by atoms with Gasteiger partial charge in [0.2, 0.25) is 5.91 Å². The Labute approximate surface area is 280 Å². The molecule has 3 aromatic carbocycles. The maximum atomic E-state index is 13.8. The number of benzene rings is 3. The Morgan fingerprint density at radius 3 is 2.20 bits per heavy atom. The van der Waals surface area contributed by atoms with E-state index in [-0.39, 0.29) is 24.3 Å². The molecule has 3 aromatic rings. The summed E-state index contributed by atoms with van der Waals surface area (Å²) in [6.07, 6.45) is 1.11. The minimum absolute atomic E-state index is 0.103. The van der Waals surface area contributed by atoms with E-state index in [1.165, 1.54) is 0 Å². The van der Waals surface area contributed by atoms with Crippen LogP contribution >= 0.6 is 35.4 Å². The molecule has 4 atom stereocenters. The lowest BCUT2D eigenvalue weighted by atomic mass is 9.93. The van der Waals surface area contributed by atoms with Crippen LogP contribution in [0.25, 0.3) is 0 Å². The number of carbonyl (C=O) groups excluding carboxylic acids is 2.